The summed E-state index contributed by atoms with van der Waals surface area (Å²) in [5.74, 6) is 0. The molecule has 7 heteroatoms. The first-order valence-electron chi connectivity index (χ1n) is 8.85. The third-order valence-corrected chi connectivity index (χ3v) is 5.43. The number of thiophene rings is 1. The van der Waals surface area contributed by atoms with E-state index in [0.29, 0.717) is 18.1 Å². The summed E-state index contributed by atoms with van der Waals surface area (Å²) in [6.45, 7) is 5.88. The molecule has 0 bridgehead atoms. The summed E-state index contributed by atoms with van der Waals surface area (Å²) >= 11 is 7.59. The molecule has 5 nitrogen and oxygen atoms in total. The van der Waals surface area contributed by atoms with Gasteiger partial charge in [0.15, 0.2) is 0 Å². The van der Waals surface area contributed by atoms with Gasteiger partial charge in [-0.1, -0.05) is 17.7 Å². The molecule has 1 aliphatic rings. The molecule has 0 aliphatic carbocycles. The molecular weight excluding hydrogens is 370 g/mol. The SMILES string of the molecule is O=C(Nc1ccc(Cl)cc1)N(CCCN1CCOCC1)Cc1cccs1. The molecule has 1 aliphatic heterocycles. The van der Waals surface area contributed by atoms with Gasteiger partial charge in [-0.2, -0.15) is 0 Å². The summed E-state index contributed by atoms with van der Waals surface area (Å²) in [6.07, 6.45) is 0.944. The molecule has 1 saturated heterocycles. The quantitative estimate of drug-likeness (QED) is 0.768. The van der Waals surface area contributed by atoms with Crippen LogP contribution in [-0.4, -0.2) is 55.2 Å². The van der Waals surface area contributed by atoms with E-state index in [-0.39, 0.29) is 6.03 Å². The Morgan fingerprint density at radius 3 is 2.69 bits per heavy atom. The normalized spacial score (nSPS) is 15.0. The summed E-state index contributed by atoms with van der Waals surface area (Å²) in [4.78, 5) is 18.2. The molecule has 0 spiro atoms. The van der Waals surface area contributed by atoms with E-state index < -0.39 is 0 Å². The molecule has 0 radical (unpaired) electrons. The predicted molar refractivity (Wildman–Crippen MR) is 107 cm³/mol. The number of nitrogens with one attached hydrogen (secondary N) is 1. The van der Waals surface area contributed by atoms with Gasteiger partial charge in [-0.05, 0) is 42.1 Å². The van der Waals surface area contributed by atoms with E-state index in [1.807, 2.05) is 28.5 Å². The lowest BCUT2D eigenvalue weighted by molar-refractivity contribution is 0.0365. The van der Waals surface area contributed by atoms with Crippen LogP contribution in [0.1, 0.15) is 11.3 Å². The number of carbonyl (C=O) groups is 1. The smallest absolute Gasteiger partial charge is 0.322 e. The highest BCUT2D eigenvalue weighted by Crippen LogP contribution is 2.16. The average Bonchev–Trinajstić information content (AvgIpc) is 3.17. The monoisotopic (exact) mass is 393 g/mol. The van der Waals surface area contributed by atoms with Gasteiger partial charge in [0.25, 0.3) is 0 Å². The molecule has 0 unspecified atom stereocenters. The topological polar surface area (TPSA) is 44.8 Å². The van der Waals surface area contributed by atoms with Gasteiger partial charge in [0.2, 0.25) is 0 Å². The zero-order chi connectivity index (χ0) is 18.2. The first-order chi connectivity index (χ1) is 12.7. The molecule has 0 atom stereocenters. The lowest BCUT2D eigenvalue weighted by Gasteiger charge is -2.28. The van der Waals surface area contributed by atoms with Gasteiger partial charge in [-0.3, -0.25) is 4.90 Å². The number of hydrogen-bond donors (Lipinski definition) is 1. The average molecular weight is 394 g/mol. The van der Waals surface area contributed by atoms with Crippen molar-refractivity contribution in [2.45, 2.75) is 13.0 Å². The van der Waals surface area contributed by atoms with E-state index in [1.165, 1.54) is 4.88 Å². The Bertz CT molecular complexity index is 673. The van der Waals surface area contributed by atoms with Crippen molar-refractivity contribution in [2.24, 2.45) is 0 Å². The lowest BCUT2D eigenvalue weighted by Crippen LogP contribution is -2.40. The van der Waals surface area contributed by atoms with Crippen LogP contribution in [0.4, 0.5) is 10.5 Å². The van der Waals surface area contributed by atoms with Crippen LogP contribution < -0.4 is 5.32 Å². The van der Waals surface area contributed by atoms with Gasteiger partial charge in [0.1, 0.15) is 0 Å². The molecule has 1 aromatic carbocycles. The Labute approximate surface area is 163 Å². The van der Waals surface area contributed by atoms with Crippen LogP contribution in [0.2, 0.25) is 5.02 Å². The van der Waals surface area contributed by atoms with Crippen LogP contribution in [0, 0.1) is 0 Å². The minimum absolute atomic E-state index is 0.0808. The fourth-order valence-corrected chi connectivity index (χ4v) is 3.73. The summed E-state index contributed by atoms with van der Waals surface area (Å²) in [5.41, 5.74) is 0.753. The van der Waals surface area contributed by atoms with E-state index >= 15 is 0 Å². The van der Waals surface area contributed by atoms with Crippen LogP contribution in [0.5, 0.6) is 0 Å². The van der Waals surface area contributed by atoms with Crippen molar-refractivity contribution in [3.8, 4) is 0 Å². The van der Waals surface area contributed by atoms with E-state index in [2.05, 4.69) is 16.3 Å². The van der Waals surface area contributed by atoms with Gasteiger partial charge in [0, 0.05) is 41.8 Å². The summed E-state index contributed by atoms with van der Waals surface area (Å²) < 4.78 is 5.39. The van der Waals surface area contributed by atoms with E-state index in [4.69, 9.17) is 16.3 Å². The Kier molecular flexibility index (Phi) is 7.32. The fourth-order valence-electron chi connectivity index (χ4n) is 2.89. The van der Waals surface area contributed by atoms with Gasteiger partial charge in [0.05, 0.1) is 19.8 Å². The maximum Gasteiger partial charge on any atom is 0.322 e. The molecule has 26 heavy (non-hydrogen) atoms. The Morgan fingerprint density at radius 1 is 1.23 bits per heavy atom. The molecule has 2 amide bonds. The van der Waals surface area contributed by atoms with Crippen molar-refractivity contribution in [1.29, 1.82) is 0 Å². The molecule has 1 aromatic heterocycles. The third-order valence-electron chi connectivity index (χ3n) is 4.32. The maximum absolute atomic E-state index is 12.8. The second kappa shape index (κ2) is 9.92. The van der Waals surface area contributed by atoms with Crippen molar-refractivity contribution < 1.29 is 9.53 Å². The first kappa shape index (κ1) is 19.2. The molecular formula is C19H24ClN3O2S. The minimum Gasteiger partial charge on any atom is -0.379 e. The predicted octanol–water partition coefficient (Wildman–Crippen LogP) is 4.16. The molecule has 3 rings (SSSR count). The minimum atomic E-state index is -0.0808. The van der Waals surface area contributed by atoms with Crippen molar-refractivity contribution in [2.75, 3.05) is 44.7 Å². The van der Waals surface area contributed by atoms with Crippen LogP contribution in [-0.2, 0) is 11.3 Å². The molecule has 1 fully saturated rings. The number of amides is 2. The third kappa shape index (κ3) is 5.99. The van der Waals surface area contributed by atoms with Crippen molar-refractivity contribution >= 4 is 34.7 Å². The van der Waals surface area contributed by atoms with E-state index in [0.717, 1.165) is 45.0 Å². The largest absolute Gasteiger partial charge is 0.379 e. The van der Waals surface area contributed by atoms with Gasteiger partial charge in [-0.15, -0.1) is 11.3 Å². The van der Waals surface area contributed by atoms with Crippen LogP contribution >= 0.6 is 22.9 Å². The number of nitrogens with zero attached hydrogens (tertiary/aromatic N) is 2. The van der Waals surface area contributed by atoms with Gasteiger partial charge >= 0.3 is 6.03 Å². The second-order valence-corrected chi connectivity index (χ2v) is 7.71. The van der Waals surface area contributed by atoms with Crippen LogP contribution in [0.3, 0.4) is 0 Å². The van der Waals surface area contributed by atoms with Gasteiger partial charge < -0.3 is 15.0 Å². The number of benzene rings is 1. The first-order valence-corrected chi connectivity index (χ1v) is 10.1. The highest BCUT2D eigenvalue weighted by atomic mass is 35.5. The van der Waals surface area contributed by atoms with Gasteiger partial charge in [-0.25, -0.2) is 4.79 Å². The Balaban J connectivity index is 1.56. The Hall–Kier alpha value is -1.60. The Morgan fingerprint density at radius 2 is 2.00 bits per heavy atom. The highest BCUT2D eigenvalue weighted by molar-refractivity contribution is 7.09. The van der Waals surface area contributed by atoms with Crippen molar-refractivity contribution in [3.05, 3.63) is 51.7 Å². The second-order valence-electron chi connectivity index (χ2n) is 6.25. The summed E-state index contributed by atoms with van der Waals surface area (Å²) in [5, 5.41) is 5.67. The molecule has 140 valence electrons. The lowest BCUT2D eigenvalue weighted by atomic mass is 10.3. The number of ether oxygens (including phenoxy) is 1. The number of anilines is 1. The van der Waals surface area contributed by atoms with Crippen molar-refractivity contribution in [3.63, 3.8) is 0 Å². The zero-order valence-corrected chi connectivity index (χ0v) is 16.3. The zero-order valence-electron chi connectivity index (χ0n) is 14.7. The number of urea groups is 1. The number of morpholine rings is 1. The maximum atomic E-state index is 12.8. The number of rotatable bonds is 7. The van der Waals surface area contributed by atoms with E-state index in [1.54, 1.807) is 23.5 Å². The number of halogens is 1. The summed E-state index contributed by atoms with van der Waals surface area (Å²) in [6, 6.07) is 11.2. The number of hydrogen-bond acceptors (Lipinski definition) is 4. The highest BCUT2D eigenvalue weighted by Gasteiger charge is 2.16. The molecule has 2 heterocycles. The molecule has 2 aromatic rings. The molecule has 1 N–H and O–H groups in total. The van der Waals surface area contributed by atoms with E-state index in [9.17, 15) is 4.79 Å². The van der Waals surface area contributed by atoms with Crippen molar-refractivity contribution in [1.82, 2.24) is 9.80 Å². The standard InChI is InChI=1S/C19H24ClN3O2S/c20-16-4-6-17(7-5-16)21-19(24)23(15-18-3-1-14-26-18)9-2-8-22-10-12-25-13-11-22/h1,3-7,14H,2,8-13,15H2,(H,21,24). The molecule has 0 saturated carbocycles. The number of carbonyl (C=O) groups excluding carboxylic acids is 1. The van der Waals surface area contributed by atoms with Crippen LogP contribution in [0.15, 0.2) is 41.8 Å². The summed E-state index contributed by atoms with van der Waals surface area (Å²) in [7, 11) is 0. The fraction of sp³-hybridized carbons (Fsp3) is 0.421. The van der Waals surface area contributed by atoms with Crippen LogP contribution in [0.25, 0.3) is 0 Å².